The van der Waals surface area contributed by atoms with Crippen LogP contribution in [-0.2, 0) is 0 Å². The largest absolute Gasteiger partial charge is 0.382 e. The molecule has 0 unspecified atom stereocenters. The van der Waals surface area contributed by atoms with Crippen molar-refractivity contribution in [3.63, 3.8) is 0 Å². The first kappa shape index (κ1) is 12.3. The van der Waals surface area contributed by atoms with Crippen LogP contribution in [0.3, 0.4) is 0 Å². The fraction of sp³-hybridized carbons (Fsp3) is 0.636. The van der Waals surface area contributed by atoms with Crippen molar-refractivity contribution < 1.29 is 4.79 Å². The standard InChI is InChI=1S/C11H18N4OS/c1-11(2)3-4-15(5-6-17-11)10(16)8-7-9(12)14-13-8/h7H,3-6H2,1-2H3,(H3,12,13,14). The number of thioether (sulfide) groups is 1. The van der Waals surface area contributed by atoms with E-state index in [1.165, 1.54) is 0 Å². The second-order valence-corrected chi connectivity index (χ2v) is 6.66. The minimum atomic E-state index is -0.00694. The van der Waals surface area contributed by atoms with E-state index in [-0.39, 0.29) is 10.7 Å². The number of hydrogen-bond acceptors (Lipinski definition) is 4. The van der Waals surface area contributed by atoms with Gasteiger partial charge in [-0.05, 0) is 6.42 Å². The SMILES string of the molecule is CC1(C)CCN(C(=O)c2cc(N)n[nH]2)CCS1. The third-order valence-electron chi connectivity index (χ3n) is 2.95. The van der Waals surface area contributed by atoms with Crippen molar-refractivity contribution in [2.24, 2.45) is 0 Å². The summed E-state index contributed by atoms with van der Waals surface area (Å²) in [4.78, 5) is 14.0. The van der Waals surface area contributed by atoms with E-state index < -0.39 is 0 Å². The van der Waals surface area contributed by atoms with Gasteiger partial charge in [-0.1, -0.05) is 13.8 Å². The highest BCUT2D eigenvalue weighted by Crippen LogP contribution is 2.30. The Morgan fingerprint density at radius 3 is 3.00 bits per heavy atom. The predicted octanol–water partition coefficient (Wildman–Crippen LogP) is 1.35. The van der Waals surface area contributed by atoms with Gasteiger partial charge in [-0.25, -0.2) is 0 Å². The number of carbonyl (C=O) groups is 1. The Morgan fingerprint density at radius 1 is 1.59 bits per heavy atom. The van der Waals surface area contributed by atoms with Gasteiger partial charge in [0.2, 0.25) is 0 Å². The molecule has 1 amide bonds. The van der Waals surface area contributed by atoms with Crippen LogP contribution >= 0.6 is 11.8 Å². The zero-order valence-electron chi connectivity index (χ0n) is 10.2. The maximum atomic E-state index is 12.2. The molecule has 0 aliphatic carbocycles. The Balaban J connectivity index is 2.05. The van der Waals surface area contributed by atoms with E-state index in [2.05, 4.69) is 24.0 Å². The lowest BCUT2D eigenvalue weighted by molar-refractivity contribution is 0.0758. The Labute approximate surface area is 105 Å². The van der Waals surface area contributed by atoms with Gasteiger partial charge < -0.3 is 10.6 Å². The second kappa shape index (κ2) is 4.60. The van der Waals surface area contributed by atoms with Crippen LogP contribution in [0.4, 0.5) is 5.82 Å². The molecule has 17 heavy (non-hydrogen) atoms. The zero-order valence-corrected chi connectivity index (χ0v) is 11.0. The lowest BCUT2D eigenvalue weighted by atomic mass is 10.1. The molecule has 2 heterocycles. The predicted molar refractivity (Wildman–Crippen MR) is 70.1 cm³/mol. The van der Waals surface area contributed by atoms with Crippen LogP contribution in [0.15, 0.2) is 6.07 Å². The number of nitrogens with two attached hydrogens (primary N) is 1. The van der Waals surface area contributed by atoms with Crippen LogP contribution in [0, 0.1) is 0 Å². The number of amides is 1. The van der Waals surface area contributed by atoms with Crippen molar-refractivity contribution >= 4 is 23.5 Å². The Kier molecular flexibility index (Phi) is 3.33. The van der Waals surface area contributed by atoms with Gasteiger partial charge in [0, 0.05) is 29.7 Å². The average Bonchev–Trinajstić information content (AvgIpc) is 2.60. The Bertz CT molecular complexity index is 415. The van der Waals surface area contributed by atoms with Crippen molar-refractivity contribution in [1.29, 1.82) is 0 Å². The molecule has 0 radical (unpaired) electrons. The van der Waals surface area contributed by atoms with Crippen LogP contribution in [0.25, 0.3) is 0 Å². The van der Waals surface area contributed by atoms with E-state index in [1.807, 2.05) is 16.7 Å². The number of H-pyrrole nitrogens is 1. The number of aromatic amines is 1. The fourth-order valence-electron chi connectivity index (χ4n) is 1.84. The topological polar surface area (TPSA) is 75.0 Å². The summed E-state index contributed by atoms with van der Waals surface area (Å²) in [6.07, 6.45) is 1.01. The van der Waals surface area contributed by atoms with Crippen molar-refractivity contribution in [2.75, 3.05) is 24.6 Å². The van der Waals surface area contributed by atoms with Gasteiger partial charge in [0.25, 0.3) is 5.91 Å². The first-order valence-corrected chi connectivity index (χ1v) is 6.71. The third kappa shape index (κ3) is 2.94. The smallest absolute Gasteiger partial charge is 0.271 e. The highest BCUT2D eigenvalue weighted by Gasteiger charge is 2.26. The molecule has 3 N–H and O–H groups in total. The fourth-order valence-corrected chi connectivity index (χ4v) is 2.94. The van der Waals surface area contributed by atoms with Crippen molar-refractivity contribution in [3.8, 4) is 0 Å². The van der Waals surface area contributed by atoms with Crippen LogP contribution < -0.4 is 5.73 Å². The zero-order chi connectivity index (χ0) is 12.5. The summed E-state index contributed by atoms with van der Waals surface area (Å²) >= 11 is 1.92. The van der Waals surface area contributed by atoms with Gasteiger partial charge in [-0.2, -0.15) is 16.9 Å². The van der Waals surface area contributed by atoms with E-state index in [1.54, 1.807) is 6.07 Å². The van der Waals surface area contributed by atoms with Crippen LogP contribution in [0.5, 0.6) is 0 Å². The van der Waals surface area contributed by atoms with E-state index in [0.717, 1.165) is 25.3 Å². The van der Waals surface area contributed by atoms with Gasteiger partial charge in [0.1, 0.15) is 11.5 Å². The number of rotatable bonds is 1. The summed E-state index contributed by atoms with van der Waals surface area (Å²) in [6, 6.07) is 1.59. The molecule has 0 atom stereocenters. The second-order valence-electron chi connectivity index (χ2n) is 4.86. The lowest BCUT2D eigenvalue weighted by Crippen LogP contribution is -2.33. The quantitative estimate of drug-likeness (QED) is 0.793. The monoisotopic (exact) mass is 254 g/mol. The molecule has 2 rings (SSSR count). The Morgan fingerprint density at radius 2 is 2.35 bits per heavy atom. The third-order valence-corrected chi connectivity index (χ3v) is 4.33. The van der Waals surface area contributed by atoms with E-state index in [0.29, 0.717) is 11.5 Å². The molecule has 1 aromatic heterocycles. The minimum Gasteiger partial charge on any atom is -0.382 e. The van der Waals surface area contributed by atoms with Gasteiger partial charge >= 0.3 is 0 Å². The molecule has 6 heteroatoms. The molecule has 1 aromatic rings. The summed E-state index contributed by atoms with van der Waals surface area (Å²) in [5.41, 5.74) is 5.98. The van der Waals surface area contributed by atoms with E-state index in [4.69, 9.17) is 5.73 Å². The maximum absolute atomic E-state index is 12.2. The Hall–Kier alpha value is -1.17. The number of aromatic nitrogens is 2. The van der Waals surface area contributed by atoms with Crippen LogP contribution in [0.1, 0.15) is 30.8 Å². The molecule has 0 spiro atoms. The highest BCUT2D eigenvalue weighted by atomic mass is 32.2. The average molecular weight is 254 g/mol. The molecule has 1 fully saturated rings. The van der Waals surface area contributed by atoms with Gasteiger partial charge in [-0.3, -0.25) is 9.89 Å². The number of nitrogen functional groups attached to an aromatic ring is 1. The van der Waals surface area contributed by atoms with Crippen molar-refractivity contribution in [2.45, 2.75) is 25.0 Å². The summed E-state index contributed by atoms with van der Waals surface area (Å²) in [7, 11) is 0. The van der Waals surface area contributed by atoms with Gasteiger partial charge in [0.05, 0.1) is 0 Å². The first-order valence-electron chi connectivity index (χ1n) is 5.72. The molecule has 94 valence electrons. The van der Waals surface area contributed by atoms with Crippen molar-refractivity contribution in [3.05, 3.63) is 11.8 Å². The van der Waals surface area contributed by atoms with E-state index >= 15 is 0 Å². The summed E-state index contributed by atoms with van der Waals surface area (Å²) in [6.45, 7) is 6.02. The van der Waals surface area contributed by atoms with Crippen molar-refractivity contribution in [1.82, 2.24) is 15.1 Å². The number of hydrogen-bond donors (Lipinski definition) is 2. The number of nitrogens with one attached hydrogen (secondary N) is 1. The normalized spacial score (nSPS) is 20.0. The molecule has 1 aliphatic rings. The summed E-state index contributed by atoms with van der Waals surface area (Å²) < 4.78 is 0.252. The molecule has 1 saturated heterocycles. The maximum Gasteiger partial charge on any atom is 0.271 e. The molecular weight excluding hydrogens is 236 g/mol. The number of nitrogens with zero attached hydrogens (tertiary/aromatic N) is 2. The van der Waals surface area contributed by atoms with Gasteiger partial charge in [-0.15, -0.1) is 0 Å². The highest BCUT2D eigenvalue weighted by molar-refractivity contribution is 8.00. The summed E-state index contributed by atoms with van der Waals surface area (Å²) in [5, 5.41) is 6.46. The molecular formula is C11H18N4OS. The van der Waals surface area contributed by atoms with Gasteiger partial charge in [0.15, 0.2) is 0 Å². The minimum absolute atomic E-state index is 0.00694. The molecule has 5 nitrogen and oxygen atoms in total. The van der Waals surface area contributed by atoms with E-state index in [9.17, 15) is 4.79 Å². The number of carbonyl (C=O) groups excluding carboxylic acids is 1. The van der Waals surface area contributed by atoms with Crippen LogP contribution in [0.2, 0.25) is 0 Å². The number of anilines is 1. The molecule has 0 saturated carbocycles. The molecule has 0 aromatic carbocycles. The molecule has 1 aliphatic heterocycles. The summed E-state index contributed by atoms with van der Waals surface area (Å²) in [5.74, 6) is 1.33. The first-order chi connectivity index (χ1) is 7.98. The molecule has 0 bridgehead atoms. The van der Waals surface area contributed by atoms with Crippen LogP contribution in [-0.4, -0.2) is 44.6 Å². The lowest BCUT2D eigenvalue weighted by Gasteiger charge is -2.22.